The van der Waals surface area contributed by atoms with Crippen molar-refractivity contribution in [3.8, 4) is 33.4 Å². The van der Waals surface area contributed by atoms with Gasteiger partial charge in [-0.1, -0.05) is 190 Å². The van der Waals surface area contributed by atoms with E-state index in [0.717, 1.165) is 22.7 Å². The number of benzene rings is 12. The molecule has 0 bridgehead atoms. The highest BCUT2D eigenvalue weighted by Crippen LogP contribution is 2.58. The Morgan fingerprint density at radius 1 is 0.377 bits per heavy atom. The zero-order valence-corrected chi connectivity index (χ0v) is 38.6. The second kappa shape index (κ2) is 15.2. The molecule has 69 heavy (non-hydrogen) atoms. The molecule has 0 fully saturated rings. The number of hydrogen-bond donors (Lipinski definition) is 0. The van der Waals surface area contributed by atoms with Crippen molar-refractivity contribution in [1.82, 2.24) is 0 Å². The Morgan fingerprint density at radius 2 is 0.957 bits per heavy atom. The molecule has 2 aliphatic rings. The van der Waals surface area contributed by atoms with E-state index in [1.165, 1.54) is 105 Å². The largest absolute Gasteiger partial charge is 0.321 e. The first-order valence-corrected chi connectivity index (χ1v) is 24.1. The SMILES string of the molecule is CC1(C)c2ccccc2-c2cc(-c3cccc4c3N(c3ccccc3)CN4c3ccccc3)c(N(c3ccc(-c4ccccc4)cc3)c3ccc4cccc5c6cccc7cccc(c3c45)c76)cc21. The van der Waals surface area contributed by atoms with Crippen LogP contribution >= 0.6 is 0 Å². The highest BCUT2D eigenvalue weighted by atomic mass is 15.4. The molecular weight excluding hydrogens is 835 g/mol. The fraction of sp³-hybridized carbons (Fsp3) is 0.0606. The van der Waals surface area contributed by atoms with Gasteiger partial charge in [-0.05, 0) is 132 Å². The fourth-order valence-electron chi connectivity index (χ4n) is 12.0. The van der Waals surface area contributed by atoms with Crippen LogP contribution in [0.1, 0.15) is 25.0 Å². The third-order valence-electron chi connectivity index (χ3n) is 15.2. The number of hydrogen-bond acceptors (Lipinski definition) is 3. The Labute approximate surface area is 402 Å². The van der Waals surface area contributed by atoms with Crippen LogP contribution in [0.3, 0.4) is 0 Å². The summed E-state index contributed by atoms with van der Waals surface area (Å²) in [5.41, 5.74) is 17.9. The van der Waals surface area contributed by atoms with Crippen LogP contribution in [0, 0.1) is 0 Å². The summed E-state index contributed by atoms with van der Waals surface area (Å²) >= 11 is 0. The highest BCUT2D eigenvalue weighted by Gasteiger charge is 2.39. The molecule has 1 aliphatic heterocycles. The first-order valence-electron chi connectivity index (χ1n) is 24.1. The summed E-state index contributed by atoms with van der Waals surface area (Å²) in [4.78, 5) is 7.57. The summed E-state index contributed by atoms with van der Waals surface area (Å²) in [5.74, 6) is 0. The topological polar surface area (TPSA) is 9.72 Å². The van der Waals surface area contributed by atoms with Crippen LogP contribution < -0.4 is 14.7 Å². The predicted octanol–water partition coefficient (Wildman–Crippen LogP) is 18.1. The molecule has 0 saturated carbocycles. The van der Waals surface area contributed by atoms with E-state index < -0.39 is 0 Å². The van der Waals surface area contributed by atoms with Gasteiger partial charge in [0.1, 0.15) is 6.67 Å². The molecule has 1 heterocycles. The van der Waals surface area contributed by atoms with Crippen molar-refractivity contribution in [2.75, 3.05) is 21.4 Å². The smallest absolute Gasteiger partial charge is 0.100 e. The van der Waals surface area contributed by atoms with Crippen LogP contribution in [-0.4, -0.2) is 6.67 Å². The average molecular weight is 882 g/mol. The molecule has 1 aliphatic carbocycles. The van der Waals surface area contributed by atoms with Crippen LogP contribution in [0.5, 0.6) is 0 Å². The molecule has 0 spiro atoms. The number of fused-ring (bicyclic) bond motifs is 6. The Bertz CT molecular complexity index is 3950. The third kappa shape index (κ3) is 5.93. The quantitative estimate of drug-likeness (QED) is 0.117. The van der Waals surface area contributed by atoms with E-state index in [1.807, 2.05) is 0 Å². The minimum atomic E-state index is -0.240. The van der Waals surface area contributed by atoms with Gasteiger partial charge < -0.3 is 14.7 Å². The number of nitrogens with zero attached hydrogens (tertiary/aromatic N) is 3. The summed E-state index contributed by atoms with van der Waals surface area (Å²) in [7, 11) is 0. The second-order valence-corrected chi connectivity index (χ2v) is 19.2. The van der Waals surface area contributed by atoms with Gasteiger partial charge in [-0.3, -0.25) is 0 Å². The van der Waals surface area contributed by atoms with Gasteiger partial charge >= 0.3 is 0 Å². The van der Waals surface area contributed by atoms with Crippen LogP contribution in [0.25, 0.3) is 76.5 Å². The van der Waals surface area contributed by atoms with Crippen molar-refractivity contribution in [3.05, 3.63) is 248 Å². The van der Waals surface area contributed by atoms with E-state index in [2.05, 4.69) is 265 Å². The van der Waals surface area contributed by atoms with Crippen LogP contribution in [0.15, 0.2) is 237 Å². The molecule has 0 radical (unpaired) electrons. The number of anilines is 7. The monoisotopic (exact) mass is 881 g/mol. The molecule has 3 nitrogen and oxygen atoms in total. The zero-order chi connectivity index (χ0) is 45.8. The van der Waals surface area contributed by atoms with Crippen LogP contribution in [-0.2, 0) is 5.41 Å². The minimum Gasteiger partial charge on any atom is -0.321 e. The van der Waals surface area contributed by atoms with Crippen LogP contribution in [0.2, 0.25) is 0 Å². The minimum absolute atomic E-state index is 0.240. The molecule has 14 rings (SSSR count). The fourth-order valence-corrected chi connectivity index (χ4v) is 12.0. The van der Waals surface area contributed by atoms with E-state index in [0.29, 0.717) is 6.67 Å². The second-order valence-electron chi connectivity index (χ2n) is 19.2. The van der Waals surface area contributed by atoms with Crippen molar-refractivity contribution in [1.29, 1.82) is 0 Å². The van der Waals surface area contributed by atoms with Gasteiger partial charge in [-0.15, -0.1) is 0 Å². The maximum atomic E-state index is 2.60. The van der Waals surface area contributed by atoms with Crippen molar-refractivity contribution in [2.45, 2.75) is 19.3 Å². The molecule has 0 amide bonds. The van der Waals surface area contributed by atoms with Gasteiger partial charge in [0.05, 0.1) is 22.7 Å². The number of rotatable bonds is 7. The summed E-state index contributed by atoms with van der Waals surface area (Å²) < 4.78 is 0. The van der Waals surface area contributed by atoms with Crippen molar-refractivity contribution < 1.29 is 0 Å². The summed E-state index contributed by atoms with van der Waals surface area (Å²) in [5, 5.41) is 10.2. The van der Waals surface area contributed by atoms with Crippen molar-refractivity contribution in [2.24, 2.45) is 0 Å². The first kappa shape index (κ1) is 39.5. The van der Waals surface area contributed by atoms with Gasteiger partial charge in [-0.2, -0.15) is 0 Å². The van der Waals surface area contributed by atoms with E-state index in [9.17, 15) is 0 Å². The van der Waals surface area contributed by atoms with E-state index in [4.69, 9.17) is 0 Å². The highest BCUT2D eigenvalue weighted by molar-refractivity contribution is 6.35. The van der Waals surface area contributed by atoms with Crippen LogP contribution in [0.4, 0.5) is 39.8 Å². The Kier molecular flexibility index (Phi) is 8.69. The lowest BCUT2D eigenvalue weighted by molar-refractivity contribution is 0.660. The van der Waals surface area contributed by atoms with Crippen molar-refractivity contribution in [3.63, 3.8) is 0 Å². The standard InChI is InChI=1S/C66H47N3/c1-66(2)57-32-13-12-27-50(57)55-40-56(53-30-17-33-60-65(53)68(48-25-10-5-11-26-48)42-67(60)47-23-8-4-9-24-47)61(41-58(55)66)69(49-37-34-44(35-38-49)43-18-6-3-7-19-43)59-39-36-46-22-15-29-52-51-28-14-20-45-21-16-31-54(62(45)51)64(59)63(46)52/h3-41H,42H2,1-2H3. The molecule has 0 aromatic heterocycles. The average Bonchev–Trinajstić information content (AvgIpc) is 3.91. The third-order valence-corrected chi connectivity index (χ3v) is 15.2. The van der Waals surface area contributed by atoms with Gasteiger partial charge in [-0.25, -0.2) is 0 Å². The lowest BCUT2D eigenvalue weighted by atomic mass is 9.81. The molecule has 0 saturated heterocycles. The molecule has 0 atom stereocenters. The zero-order valence-electron chi connectivity index (χ0n) is 38.6. The van der Waals surface area contributed by atoms with Gasteiger partial charge in [0.15, 0.2) is 0 Å². The molecule has 3 heteroatoms. The lowest BCUT2D eigenvalue weighted by Crippen LogP contribution is -2.24. The molecule has 12 aromatic carbocycles. The molecule has 0 N–H and O–H groups in total. The van der Waals surface area contributed by atoms with Gasteiger partial charge in [0, 0.05) is 39.0 Å². The Morgan fingerprint density at radius 3 is 1.68 bits per heavy atom. The molecule has 326 valence electrons. The van der Waals surface area contributed by atoms with E-state index in [-0.39, 0.29) is 5.41 Å². The van der Waals surface area contributed by atoms with E-state index >= 15 is 0 Å². The van der Waals surface area contributed by atoms with Gasteiger partial charge in [0.2, 0.25) is 0 Å². The maximum Gasteiger partial charge on any atom is 0.100 e. The normalized spacial score (nSPS) is 13.7. The lowest BCUT2D eigenvalue weighted by Gasteiger charge is -2.33. The summed E-state index contributed by atoms with van der Waals surface area (Å²) in [6.07, 6.45) is 0. The maximum absolute atomic E-state index is 2.60. The van der Waals surface area contributed by atoms with E-state index in [1.54, 1.807) is 0 Å². The summed E-state index contributed by atoms with van der Waals surface area (Å²) in [6.45, 7) is 5.49. The Hall–Kier alpha value is -8.66. The predicted molar refractivity (Wildman–Crippen MR) is 293 cm³/mol. The first-order chi connectivity index (χ1) is 34.0. The summed E-state index contributed by atoms with van der Waals surface area (Å²) in [6, 6.07) is 88.0. The molecule has 0 unspecified atom stereocenters. The number of para-hydroxylation sites is 3. The molecule has 12 aromatic rings. The Balaban J connectivity index is 1.12. The van der Waals surface area contributed by atoms with Crippen molar-refractivity contribution >= 4 is 82.9 Å². The molecular formula is C66H47N3. The van der Waals surface area contributed by atoms with Gasteiger partial charge in [0.25, 0.3) is 0 Å².